The van der Waals surface area contributed by atoms with Gasteiger partial charge in [-0.3, -0.25) is 19.2 Å². The largest absolute Gasteiger partial charge is 0.394 e. The first-order chi connectivity index (χ1) is 51.9. The summed E-state index contributed by atoms with van der Waals surface area (Å²) in [6.45, 7) is -1.27. The summed E-state index contributed by atoms with van der Waals surface area (Å²) in [5.41, 5.74) is 0. The number of aliphatic hydroxyl groups excluding tert-OH is 23. The molecule has 27 N–H and O–H groups in total. The van der Waals surface area contributed by atoms with Crippen molar-refractivity contribution >= 4 is 23.6 Å². The zero-order valence-electron chi connectivity index (χ0n) is 59.8. The van der Waals surface area contributed by atoms with Gasteiger partial charge in [0.05, 0.1) is 58.5 Å². The van der Waals surface area contributed by atoms with Crippen molar-refractivity contribution in [3.63, 3.8) is 0 Å². The number of aliphatic hydroxyl groups is 23. The molecule has 636 valence electrons. The second-order valence-corrected chi connectivity index (χ2v) is 28.1. The molecule has 2 unspecified atom stereocenters. The minimum Gasteiger partial charge on any atom is -0.394 e. The number of hydrogen-bond donors (Lipinski definition) is 27. The summed E-state index contributed by atoms with van der Waals surface area (Å²) >= 11 is 0. The molecule has 9 saturated heterocycles. The van der Waals surface area contributed by atoms with Crippen molar-refractivity contribution in [3.05, 3.63) is 0 Å². The highest BCUT2D eigenvalue weighted by Crippen LogP contribution is 2.41. The Kier molecular flexibility index (Phi) is 32.0. The van der Waals surface area contributed by atoms with Crippen LogP contribution < -0.4 is 21.3 Å². The summed E-state index contributed by atoms with van der Waals surface area (Å²) in [5, 5.41) is 266. The molecule has 0 aromatic carbocycles. The molecule has 9 fully saturated rings. The standard InChI is InChI=1S/C62H104N4O44/c1-14-31(77)39(85)44(90)59(95-14)107-50-29(65-18(5)75)54(93)97-24(11-71)48(50)105-56-28(64-17(4)74)38(84)47(23(10-70)101-56)104-61-46(92)52(36(82)26(103-61)13-94-58-43(89)41(87)34(80)21(8-68)99-58)109-62-53(42(88)35(81)22(9-69)100-62)110-57-30(66-19(6)76)51(108-60-45(91)40(86)32(78)15(2)96-60)49(25(12-72)102-57)106-55-27(63-16(3)73)37(83)33(79)20(7-67)98-55/h14-15,20-62,67-72,77-93H,7-13H2,1-6H3,(H,63,73)(H,64,74)(H,65,75)(H,66,76)/t14-,15-,20-,21+,22-,23+,24+,25+,26-,27+,28-,29-,30+,31+,32+,33-,34+,35-,36+,37+,38-,39-,40-,41+,42?,43+,44+,45+,46-,47+,48+,49+,50-,51-,52+,53+,54?,55+,56-,57+,58-,59-,60-,61+,62-/m0/s1. The lowest BCUT2D eigenvalue weighted by molar-refractivity contribution is -0.401. The van der Waals surface area contributed by atoms with Gasteiger partial charge in [-0.05, 0) is 13.8 Å². The Morgan fingerprint density at radius 1 is 0.255 bits per heavy atom. The fraction of sp³-hybridized carbons (Fsp3) is 0.935. The molecular formula is C62H104N4O44. The maximum absolute atomic E-state index is 13.5. The molecule has 0 radical (unpaired) electrons. The summed E-state index contributed by atoms with van der Waals surface area (Å²) in [7, 11) is 0. The van der Waals surface area contributed by atoms with Gasteiger partial charge in [-0.1, -0.05) is 0 Å². The molecule has 0 aromatic rings. The van der Waals surface area contributed by atoms with Crippen molar-refractivity contribution in [1.82, 2.24) is 21.3 Å². The average molecular weight is 1610 g/mol. The predicted molar refractivity (Wildman–Crippen MR) is 341 cm³/mol. The van der Waals surface area contributed by atoms with Gasteiger partial charge < -0.3 is 219 Å². The van der Waals surface area contributed by atoms with Gasteiger partial charge in [0.25, 0.3) is 0 Å². The van der Waals surface area contributed by atoms with Crippen LogP contribution in [0.15, 0.2) is 0 Å². The third kappa shape index (κ3) is 19.8. The lowest BCUT2D eigenvalue weighted by atomic mass is 9.93. The molecule has 45 atom stereocenters. The quantitative estimate of drug-likeness (QED) is 0.0363. The molecule has 9 aliphatic rings. The van der Waals surface area contributed by atoms with E-state index in [0.29, 0.717) is 0 Å². The Bertz CT molecular complexity index is 2930. The van der Waals surface area contributed by atoms with Crippen molar-refractivity contribution in [1.29, 1.82) is 0 Å². The second-order valence-electron chi connectivity index (χ2n) is 28.1. The maximum atomic E-state index is 13.5. The molecule has 4 amide bonds. The van der Waals surface area contributed by atoms with E-state index < -0.39 is 346 Å². The predicted octanol–water partition coefficient (Wildman–Crippen LogP) is -18.0. The second kappa shape index (κ2) is 39.0. The van der Waals surface area contributed by atoms with Crippen LogP contribution in [0.1, 0.15) is 41.5 Å². The molecule has 0 bridgehead atoms. The van der Waals surface area contributed by atoms with E-state index in [4.69, 9.17) is 80.5 Å². The van der Waals surface area contributed by atoms with Crippen molar-refractivity contribution in [2.24, 2.45) is 0 Å². The fourth-order valence-corrected chi connectivity index (χ4v) is 14.3. The number of rotatable bonds is 27. The van der Waals surface area contributed by atoms with Crippen molar-refractivity contribution in [3.8, 4) is 0 Å². The first-order valence-electron chi connectivity index (χ1n) is 35.3. The summed E-state index contributed by atoms with van der Waals surface area (Å²) in [5.74, 6) is -3.63. The number of nitrogens with one attached hydrogen (secondary N) is 4. The van der Waals surface area contributed by atoms with Crippen LogP contribution >= 0.6 is 0 Å². The topological polar surface area (TPSA) is 739 Å². The van der Waals surface area contributed by atoms with Crippen LogP contribution in [0, 0.1) is 0 Å². The molecule has 9 heterocycles. The van der Waals surface area contributed by atoms with E-state index in [1.807, 2.05) is 0 Å². The van der Waals surface area contributed by atoms with Gasteiger partial charge in [-0.25, -0.2) is 0 Å². The van der Waals surface area contributed by atoms with Crippen LogP contribution in [-0.4, -0.2) is 463 Å². The zero-order chi connectivity index (χ0) is 81.1. The van der Waals surface area contributed by atoms with Gasteiger partial charge >= 0.3 is 0 Å². The molecule has 9 rings (SSSR count). The number of hydrogen-bond acceptors (Lipinski definition) is 44. The zero-order valence-corrected chi connectivity index (χ0v) is 59.8. The van der Waals surface area contributed by atoms with Gasteiger partial charge in [0.15, 0.2) is 56.6 Å². The number of carbonyl (C=O) groups is 4. The first kappa shape index (κ1) is 90.2. The number of carbonyl (C=O) groups excluding carboxylic acids is 4. The van der Waals surface area contributed by atoms with Gasteiger partial charge in [-0.15, -0.1) is 0 Å². The highest BCUT2D eigenvalue weighted by atomic mass is 16.8. The molecule has 48 heteroatoms. The van der Waals surface area contributed by atoms with E-state index in [0.717, 1.165) is 27.7 Å². The van der Waals surface area contributed by atoms with E-state index in [-0.39, 0.29) is 0 Å². The average Bonchev–Trinajstić information content (AvgIpc) is 0.762. The Balaban J connectivity index is 1.07. The first-order valence-corrected chi connectivity index (χ1v) is 35.3. The van der Waals surface area contributed by atoms with Crippen LogP contribution in [0.2, 0.25) is 0 Å². The lowest BCUT2D eigenvalue weighted by Crippen LogP contribution is -2.72. The Hall–Kier alpha value is -3.72. The van der Waals surface area contributed by atoms with E-state index in [9.17, 15) is 137 Å². The third-order valence-electron chi connectivity index (χ3n) is 20.3. The van der Waals surface area contributed by atoms with E-state index >= 15 is 0 Å². The summed E-state index contributed by atoms with van der Waals surface area (Å²) in [4.78, 5) is 51.9. The maximum Gasteiger partial charge on any atom is 0.217 e. The monoisotopic (exact) mass is 1610 g/mol. The SMILES string of the molecule is CC(=O)N[C@@H]1[C@H](O[C@H]2[C@@H](O[C@@H]3O[C@@H](C)[C@@H](O)[C@H](O)[C@H]3O)[C@H](NC(C)=O)C(O)O[C@@H]2CO)O[C@H](CO)[C@@H](O[C@H]2O[C@@H](CO[C@H]3O[C@H](CO)[C@@H](O)[C@@H](O)[C@H]3O)[C@@H](O)[C@@H](O[C@@H]3O[C@@H](CO)[C@H](O)C(O)[C@H]3O[C@H]3O[C@H](CO)[C@@H](O[C@H]4O[C@@H](CO)[C@H](O)[C@H](O)[C@H]4NC(C)=O)[C@@H](O[C@@H]4O[C@@H](C)[C@@H](O)[C@H](O)[C@H]4O)[C@H]3NC(C)=O)[C@@H]2O)[C@H]1O. The molecular weight excluding hydrogens is 1500 g/mol. The highest BCUT2D eigenvalue weighted by molar-refractivity contribution is 5.74. The van der Waals surface area contributed by atoms with E-state index in [2.05, 4.69) is 21.3 Å². The fourth-order valence-electron chi connectivity index (χ4n) is 14.3. The summed E-state index contributed by atoms with van der Waals surface area (Å²) < 4.78 is 102. The smallest absolute Gasteiger partial charge is 0.217 e. The Morgan fingerprint density at radius 2 is 0.573 bits per heavy atom. The van der Waals surface area contributed by atoms with Crippen LogP contribution in [-0.2, 0) is 99.7 Å². The number of amides is 4. The molecule has 0 aliphatic carbocycles. The molecule has 0 saturated carbocycles. The van der Waals surface area contributed by atoms with Crippen LogP contribution in [0.3, 0.4) is 0 Å². The highest BCUT2D eigenvalue weighted by Gasteiger charge is 2.62. The minimum absolute atomic E-state index is 0.835. The van der Waals surface area contributed by atoms with Crippen LogP contribution in [0.5, 0.6) is 0 Å². The van der Waals surface area contributed by atoms with Gasteiger partial charge in [0, 0.05) is 27.7 Å². The molecule has 48 nitrogen and oxygen atoms in total. The molecule has 0 spiro atoms. The molecule has 0 aromatic heterocycles. The van der Waals surface area contributed by atoms with Gasteiger partial charge in [0.2, 0.25) is 23.6 Å². The number of ether oxygens (including phenoxy) is 17. The normalized spacial score (nSPS) is 49.6. The van der Waals surface area contributed by atoms with Crippen LogP contribution in [0.25, 0.3) is 0 Å². The minimum atomic E-state index is -2.55. The third-order valence-corrected chi connectivity index (χ3v) is 20.3. The van der Waals surface area contributed by atoms with Crippen molar-refractivity contribution in [2.45, 2.75) is 318 Å². The van der Waals surface area contributed by atoms with Crippen molar-refractivity contribution < 1.29 is 217 Å². The summed E-state index contributed by atoms with van der Waals surface area (Å²) in [6, 6.07) is -7.46. The van der Waals surface area contributed by atoms with Crippen molar-refractivity contribution in [2.75, 3.05) is 46.2 Å². The van der Waals surface area contributed by atoms with E-state index in [1.165, 1.54) is 13.8 Å². The lowest BCUT2D eigenvalue weighted by Gasteiger charge is -2.52. The molecule has 110 heavy (non-hydrogen) atoms. The molecule has 9 aliphatic heterocycles. The summed E-state index contributed by atoms with van der Waals surface area (Å²) in [6.07, 6.45) is -82.9. The van der Waals surface area contributed by atoms with E-state index in [1.54, 1.807) is 0 Å². The van der Waals surface area contributed by atoms with Gasteiger partial charge in [0.1, 0.15) is 207 Å². The Labute approximate surface area is 624 Å². The van der Waals surface area contributed by atoms with Gasteiger partial charge in [-0.2, -0.15) is 0 Å². The van der Waals surface area contributed by atoms with Crippen LogP contribution in [0.4, 0.5) is 0 Å². The Morgan fingerprint density at radius 3 is 1.05 bits per heavy atom.